The first-order chi connectivity index (χ1) is 16.0. The van der Waals surface area contributed by atoms with Gasteiger partial charge in [0, 0.05) is 17.8 Å². The van der Waals surface area contributed by atoms with Gasteiger partial charge in [0.1, 0.15) is 11.5 Å². The van der Waals surface area contributed by atoms with Crippen molar-refractivity contribution >= 4 is 5.97 Å². The van der Waals surface area contributed by atoms with Gasteiger partial charge in [0.05, 0.1) is 25.5 Å². The van der Waals surface area contributed by atoms with Crippen molar-refractivity contribution in [3.63, 3.8) is 0 Å². The molecule has 10 nitrogen and oxygen atoms in total. The first kappa shape index (κ1) is 21.8. The Morgan fingerprint density at radius 2 is 1.85 bits per heavy atom. The first-order valence-corrected chi connectivity index (χ1v) is 9.88. The summed E-state index contributed by atoms with van der Waals surface area (Å²) in [6, 6.07) is 15.6. The Bertz CT molecular complexity index is 1350. The third-order valence-electron chi connectivity index (χ3n) is 4.75. The number of esters is 1. The number of hydrogen-bond donors (Lipinski definition) is 0. The Morgan fingerprint density at radius 1 is 1.06 bits per heavy atom. The third-order valence-corrected chi connectivity index (χ3v) is 4.75. The van der Waals surface area contributed by atoms with E-state index >= 15 is 0 Å². The molecule has 168 valence electrons. The quantitative estimate of drug-likeness (QED) is 0.393. The van der Waals surface area contributed by atoms with E-state index in [4.69, 9.17) is 18.7 Å². The highest BCUT2D eigenvalue weighted by molar-refractivity contribution is 5.86. The maximum Gasteiger partial charge on any atom is 0.363 e. The van der Waals surface area contributed by atoms with E-state index in [0.717, 1.165) is 0 Å². The lowest BCUT2D eigenvalue weighted by atomic mass is 10.2. The molecule has 4 aromatic rings. The maximum absolute atomic E-state index is 12.6. The number of ether oxygens (including phenoxy) is 3. The Morgan fingerprint density at radius 3 is 2.58 bits per heavy atom. The molecule has 0 aliphatic rings. The minimum absolute atomic E-state index is 0.0479. The highest BCUT2D eigenvalue weighted by Crippen LogP contribution is 2.31. The summed E-state index contributed by atoms with van der Waals surface area (Å²) in [5, 5.41) is 8.09. The van der Waals surface area contributed by atoms with Crippen molar-refractivity contribution in [2.75, 3.05) is 14.2 Å². The molecule has 0 saturated carbocycles. The lowest BCUT2D eigenvalue weighted by molar-refractivity contribution is 0.0419. The summed E-state index contributed by atoms with van der Waals surface area (Å²) in [7, 11) is 3.06. The fourth-order valence-corrected chi connectivity index (χ4v) is 3.12. The molecule has 2 aromatic carbocycles. The smallest absolute Gasteiger partial charge is 0.363 e. The first-order valence-electron chi connectivity index (χ1n) is 9.88. The summed E-state index contributed by atoms with van der Waals surface area (Å²) in [4.78, 5) is 29.1. The Kier molecular flexibility index (Phi) is 6.16. The predicted octanol–water partition coefficient (Wildman–Crippen LogP) is 2.97. The number of aryl methyl sites for hydroxylation is 1. The molecule has 0 amide bonds. The lowest BCUT2D eigenvalue weighted by Gasteiger charge is -2.10. The fraction of sp³-hybridized carbons (Fsp3) is 0.174. The number of nitrogens with zero attached hydrogens (tertiary/aromatic N) is 4. The van der Waals surface area contributed by atoms with Gasteiger partial charge in [0.15, 0.2) is 6.61 Å². The standard InChI is InChI=1S/C23H20N4O6/c1-14-11-18(28)21(25-27(14)15-7-5-4-6-8-15)23(29)32-13-20-24-22(26-33-20)17-10-9-16(30-2)12-19(17)31-3/h4-12H,13H2,1-3H3. The zero-order valence-electron chi connectivity index (χ0n) is 18.1. The van der Waals surface area contributed by atoms with Crippen LogP contribution in [-0.4, -0.2) is 40.1 Å². The van der Waals surface area contributed by atoms with E-state index in [1.807, 2.05) is 30.3 Å². The van der Waals surface area contributed by atoms with E-state index < -0.39 is 11.4 Å². The second-order valence-corrected chi connectivity index (χ2v) is 6.90. The van der Waals surface area contributed by atoms with E-state index in [9.17, 15) is 9.59 Å². The highest BCUT2D eigenvalue weighted by Gasteiger charge is 2.19. The second kappa shape index (κ2) is 9.35. The van der Waals surface area contributed by atoms with Crippen LogP contribution in [0.15, 0.2) is 63.9 Å². The van der Waals surface area contributed by atoms with E-state index in [0.29, 0.717) is 28.4 Å². The van der Waals surface area contributed by atoms with Gasteiger partial charge in [-0.3, -0.25) is 4.79 Å². The van der Waals surface area contributed by atoms with E-state index in [1.54, 1.807) is 32.2 Å². The van der Waals surface area contributed by atoms with Crippen LogP contribution in [0.2, 0.25) is 0 Å². The number of para-hydroxylation sites is 1. The average molecular weight is 448 g/mol. The fourth-order valence-electron chi connectivity index (χ4n) is 3.12. The van der Waals surface area contributed by atoms with Crippen LogP contribution in [0.1, 0.15) is 22.1 Å². The number of carbonyl (C=O) groups excluding carboxylic acids is 1. The molecule has 0 atom stereocenters. The van der Waals surface area contributed by atoms with Gasteiger partial charge in [-0.1, -0.05) is 23.4 Å². The topological polar surface area (TPSA) is 119 Å². The number of hydrogen-bond acceptors (Lipinski definition) is 9. The predicted molar refractivity (Wildman–Crippen MR) is 117 cm³/mol. The largest absolute Gasteiger partial charge is 0.497 e. The van der Waals surface area contributed by atoms with E-state index in [1.165, 1.54) is 17.9 Å². The number of benzene rings is 2. The lowest BCUT2D eigenvalue weighted by Crippen LogP contribution is -2.24. The van der Waals surface area contributed by atoms with Crippen molar-refractivity contribution in [3.05, 3.63) is 82.1 Å². The molecule has 0 N–H and O–H groups in total. The zero-order chi connectivity index (χ0) is 23.4. The molecule has 10 heteroatoms. The monoisotopic (exact) mass is 448 g/mol. The van der Waals surface area contributed by atoms with Crippen molar-refractivity contribution in [3.8, 4) is 28.6 Å². The summed E-state index contributed by atoms with van der Waals surface area (Å²) in [5.41, 5.74) is 0.974. The maximum atomic E-state index is 12.6. The minimum Gasteiger partial charge on any atom is -0.497 e. The van der Waals surface area contributed by atoms with Crippen LogP contribution < -0.4 is 14.9 Å². The molecule has 0 radical (unpaired) electrons. The van der Waals surface area contributed by atoms with Crippen molar-refractivity contribution in [1.29, 1.82) is 0 Å². The van der Waals surface area contributed by atoms with Crippen LogP contribution in [0.5, 0.6) is 11.5 Å². The van der Waals surface area contributed by atoms with Crippen LogP contribution in [0.25, 0.3) is 17.1 Å². The van der Waals surface area contributed by atoms with Gasteiger partial charge in [-0.05, 0) is 31.2 Å². The van der Waals surface area contributed by atoms with Crippen LogP contribution in [0.3, 0.4) is 0 Å². The van der Waals surface area contributed by atoms with Gasteiger partial charge in [0.2, 0.25) is 16.9 Å². The van der Waals surface area contributed by atoms with Crippen molar-refractivity contribution < 1.29 is 23.5 Å². The summed E-state index contributed by atoms with van der Waals surface area (Å²) >= 11 is 0. The average Bonchev–Trinajstić information content (AvgIpc) is 3.31. The molecule has 0 unspecified atom stereocenters. The number of methoxy groups -OCH3 is 2. The van der Waals surface area contributed by atoms with Gasteiger partial charge in [-0.2, -0.15) is 10.1 Å². The molecule has 0 aliphatic carbocycles. The van der Waals surface area contributed by atoms with Gasteiger partial charge < -0.3 is 18.7 Å². The Balaban J connectivity index is 1.52. The van der Waals surface area contributed by atoms with Crippen molar-refractivity contribution in [2.24, 2.45) is 0 Å². The van der Waals surface area contributed by atoms with Gasteiger partial charge in [-0.15, -0.1) is 0 Å². The van der Waals surface area contributed by atoms with Crippen molar-refractivity contribution in [1.82, 2.24) is 19.9 Å². The molecule has 0 spiro atoms. The van der Waals surface area contributed by atoms with Gasteiger partial charge in [-0.25, -0.2) is 9.48 Å². The Hall–Kier alpha value is -4.47. The van der Waals surface area contributed by atoms with Crippen molar-refractivity contribution in [2.45, 2.75) is 13.5 Å². The minimum atomic E-state index is -0.897. The molecule has 0 bridgehead atoms. The number of rotatable bonds is 7. The summed E-state index contributed by atoms with van der Waals surface area (Å²) in [6.07, 6.45) is 0. The molecular weight excluding hydrogens is 428 g/mol. The normalized spacial score (nSPS) is 10.6. The van der Waals surface area contributed by atoms with Crippen LogP contribution in [0, 0.1) is 6.92 Å². The Labute approximate surface area is 188 Å². The van der Waals surface area contributed by atoms with Crippen LogP contribution >= 0.6 is 0 Å². The van der Waals surface area contributed by atoms with Crippen LogP contribution in [-0.2, 0) is 11.3 Å². The molecule has 4 rings (SSSR count). The van der Waals surface area contributed by atoms with Gasteiger partial charge in [0.25, 0.3) is 5.89 Å². The summed E-state index contributed by atoms with van der Waals surface area (Å²) in [6.45, 7) is 1.40. The highest BCUT2D eigenvalue weighted by atomic mass is 16.6. The molecule has 2 aromatic heterocycles. The molecular formula is C23H20N4O6. The summed E-state index contributed by atoms with van der Waals surface area (Å²) in [5.74, 6) is 0.502. The SMILES string of the molecule is COc1ccc(-c2noc(COC(=O)c3nn(-c4ccccc4)c(C)cc3=O)n2)c(OC)c1. The second-order valence-electron chi connectivity index (χ2n) is 6.90. The zero-order valence-corrected chi connectivity index (χ0v) is 18.1. The molecule has 0 saturated heterocycles. The number of aromatic nitrogens is 4. The molecule has 0 fully saturated rings. The summed E-state index contributed by atoms with van der Waals surface area (Å²) < 4.78 is 22.4. The molecule has 2 heterocycles. The van der Waals surface area contributed by atoms with Crippen LogP contribution in [0.4, 0.5) is 0 Å². The molecule has 0 aliphatic heterocycles. The third kappa shape index (κ3) is 4.59. The number of carbonyl (C=O) groups is 1. The van der Waals surface area contributed by atoms with E-state index in [2.05, 4.69) is 15.2 Å². The molecule has 33 heavy (non-hydrogen) atoms. The van der Waals surface area contributed by atoms with E-state index in [-0.39, 0.29) is 24.0 Å². The van der Waals surface area contributed by atoms with Gasteiger partial charge >= 0.3 is 5.97 Å².